The van der Waals surface area contributed by atoms with Gasteiger partial charge in [-0.1, -0.05) is 12.1 Å². The number of carbonyl (C=O) groups excluding carboxylic acids is 1. The molecule has 0 saturated carbocycles. The van der Waals surface area contributed by atoms with Crippen LogP contribution in [0.4, 0.5) is 4.79 Å². The Morgan fingerprint density at radius 2 is 2.14 bits per heavy atom. The number of nitrogens with zero attached hydrogens (tertiary/aromatic N) is 1. The van der Waals surface area contributed by atoms with Gasteiger partial charge in [-0.05, 0) is 12.1 Å². The molecule has 0 fully saturated rings. The highest BCUT2D eigenvalue weighted by molar-refractivity contribution is 5.99. The number of carbonyl (C=O) groups is 2. The lowest BCUT2D eigenvalue weighted by Gasteiger charge is -1.98. The fourth-order valence-corrected chi connectivity index (χ4v) is 1.46. The maximum atomic E-state index is 10.8. The number of aldehydes is 1. The van der Waals surface area contributed by atoms with Gasteiger partial charge in [-0.25, -0.2) is 4.79 Å². The number of hydrogen-bond acceptors (Lipinski definition) is 2. The van der Waals surface area contributed by atoms with Gasteiger partial charge in [-0.15, -0.1) is 0 Å². The van der Waals surface area contributed by atoms with Crippen molar-refractivity contribution in [2.24, 2.45) is 0 Å². The van der Waals surface area contributed by atoms with E-state index in [1.165, 1.54) is 6.20 Å². The van der Waals surface area contributed by atoms with Crippen molar-refractivity contribution in [3.63, 3.8) is 0 Å². The van der Waals surface area contributed by atoms with Crippen molar-refractivity contribution in [1.29, 1.82) is 0 Å². The van der Waals surface area contributed by atoms with Gasteiger partial charge in [0.2, 0.25) is 0 Å². The first-order valence-electron chi connectivity index (χ1n) is 4.02. The third-order valence-electron chi connectivity index (χ3n) is 2.10. The number of aromatic nitrogens is 1. The molecule has 0 aliphatic heterocycles. The van der Waals surface area contributed by atoms with Gasteiger partial charge >= 0.3 is 6.09 Å². The highest BCUT2D eigenvalue weighted by atomic mass is 16.4. The SMILES string of the molecule is O=Cc1cccc2c1ccn2C(=O)O. The summed E-state index contributed by atoms with van der Waals surface area (Å²) < 4.78 is 1.09. The van der Waals surface area contributed by atoms with Crippen molar-refractivity contribution >= 4 is 23.3 Å². The van der Waals surface area contributed by atoms with E-state index in [0.29, 0.717) is 22.8 Å². The molecule has 1 heterocycles. The van der Waals surface area contributed by atoms with Crippen LogP contribution in [-0.4, -0.2) is 22.1 Å². The molecular weight excluding hydrogens is 182 g/mol. The first-order chi connectivity index (χ1) is 6.74. The fourth-order valence-electron chi connectivity index (χ4n) is 1.46. The van der Waals surface area contributed by atoms with E-state index in [4.69, 9.17) is 5.11 Å². The summed E-state index contributed by atoms with van der Waals surface area (Å²) in [5, 5.41) is 9.47. The molecule has 1 N–H and O–H groups in total. The largest absolute Gasteiger partial charge is 0.464 e. The Balaban J connectivity index is 2.82. The second kappa shape index (κ2) is 2.99. The molecule has 0 spiro atoms. The maximum Gasteiger partial charge on any atom is 0.415 e. The predicted molar refractivity (Wildman–Crippen MR) is 50.7 cm³/mol. The first-order valence-corrected chi connectivity index (χ1v) is 4.02. The number of benzene rings is 1. The van der Waals surface area contributed by atoms with E-state index in [-0.39, 0.29) is 0 Å². The molecule has 0 aliphatic rings. The summed E-state index contributed by atoms with van der Waals surface area (Å²) in [5.74, 6) is 0. The molecule has 2 aromatic rings. The average Bonchev–Trinajstić information content (AvgIpc) is 2.60. The number of carboxylic acid groups (broad SMARTS) is 1. The molecule has 4 heteroatoms. The molecule has 0 aliphatic carbocycles. The smallest absolute Gasteiger partial charge is 0.415 e. The maximum absolute atomic E-state index is 10.8. The third-order valence-corrected chi connectivity index (χ3v) is 2.10. The lowest BCUT2D eigenvalue weighted by Crippen LogP contribution is -2.05. The molecule has 0 bridgehead atoms. The van der Waals surface area contributed by atoms with Crippen molar-refractivity contribution in [3.8, 4) is 0 Å². The van der Waals surface area contributed by atoms with Crippen molar-refractivity contribution in [2.45, 2.75) is 0 Å². The second-order valence-electron chi connectivity index (χ2n) is 2.87. The van der Waals surface area contributed by atoms with Gasteiger partial charge in [-0.3, -0.25) is 9.36 Å². The normalized spacial score (nSPS) is 10.3. The summed E-state index contributed by atoms with van der Waals surface area (Å²) in [6.45, 7) is 0. The second-order valence-corrected chi connectivity index (χ2v) is 2.87. The Morgan fingerprint density at radius 1 is 1.36 bits per heavy atom. The van der Waals surface area contributed by atoms with Crippen LogP contribution < -0.4 is 0 Å². The molecule has 0 atom stereocenters. The van der Waals surface area contributed by atoms with E-state index in [1.54, 1.807) is 24.3 Å². The molecule has 0 saturated heterocycles. The minimum absolute atomic E-state index is 0.502. The van der Waals surface area contributed by atoms with E-state index in [9.17, 15) is 9.59 Å². The van der Waals surface area contributed by atoms with E-state index >= 15 is 0 Å². The van der Waals surface area contributed by atoms with Crippen molar-refractivity contribution in [2.75, 3.05) is 0 Å². The molecular formula is C10H7NO3. The van der Waals surface area contributed by atoms with Crippen LogP contribution in [0.2, 0.25) is 0 Å². The summed E-state index contributed by atoms with van der Waals surface area (Å²) >= 11 is 0. The van der Waals surface area contributed by atoms with E-state index in [2.05, 4.69) is 0 Å². The topological polar surface area (TPSA) is 59.3 Å². The molecule has 14 heavy (non-hydrogen) atoms. The summed E-state index contributed by atoms with van der Waals surface area (Å²) in [6, 6.07) is 6.59. The highest BCUT2D eigenvalue weighted by Crippen LogP contribution is 2.18. The van der Waals surface area contributed by atoms with Gasteiger partial charge in [0, 0.05) is 17.1 Å². The third kappa shape index (κ3) is 1.08. The lowest BCUT2D eigenvalue weighted by atomic mass is 10.1. The van der Waals surface area contributed by atoms with Crippen LogP contribution in [-0.2, 0) is 0 Å². The quantitative estimate of drug-likeness (QED) is 0.698. The monoisotopic (exact) mass is 189 g/mol. The minimum Gasteiger partial charge on any atom is -0.464 e. The Morgan fingerprint density at radius 3 is 2.79 bits per heavy atom. The van der Waals surface area contributed by atoms with Gasteiger partial charge in [0.05, 0.1) is 5.52 Å². The van der Waals surface area contributed by atoms with Crippen molar-refractivity contribution < 1.29 is 14.7 Å². The average molecular weight is 189 g/mol. The van der Waals surface area contributed by atoms with Gasteiger partial charge < -0.3 is 5.11 Å². The Hall–Kier alpha value is -2.10. The summed E-state index contributed by atoms with van der Waals surface area (Å²) in [7, 11) is 0. The van der Waals surface area contributed by atoms with Gasteiger partial charge in [0.15, 0.2) is 6.29 Å². The molecule has 0 radical (unpaired) electrons. The van der Waals surface area contributed by atoms with E-state index in [0.717, 1.165) is 4.57 Å². The Kier molecular flexibility index (Phi) is 1.81. The zero-order valence-corrected chi connectivity index (χ0v) is 7.18. The standard InChI is InChI=1S/C10H7NO3/c12-6-7-2-1-3-9-8(7)4-5-11(9)10(13)14/h1-6H,(H,13,14). The first kappa shape index (κ1) is 8.50. The number of hydrogen-bond donors (Lipinski definition) is 1. The zero-order valence-electron chi connectivity index (χ0n) is 7.18. The molecule has 0 unspecified atom stereocenters. The summed E-state index contributed by atoms with van der Waals surface area (Å²) in [5.41, 5.74) is 1.03. The molecule has 70 valence electrons. The summed E-state index contributed by atoms with van der Waals surface area (Å²) in [6.07, 6.45) is 1.09. The molecule has 1 aromatic carbocycles. The Bertz CT molecular complexity index is 513. The lowest BCUT2D eigenvalue weighted by molar-refractivity contribution is 0.112. The van der Waals surface area contributed by atoms with Crippen molar-refractivity contribution in [3.05, 3.63) is 36.0 Å². The Labute approximate surface area is 79.4 Å². The van der Waals surface area contributed by atoms with Gasteiger partial charge in [0.25, 0.3) is 0 Å². The molecule has 4 nitrogen and oxygen atoms in total. The molecule has 2 rings (SSSR count). The zero-order chi connectivity index (χ0) is 10.1. The number of rotatable bonds is 1. The van der Waals surface area contributed by atoms with Gasteiger partial charge in [-0.2, -0.15) is 0 Å². The van der Waals surface area contributed by atoms with Crippen LogP contribution in [0, 0.1) is 0 Å². The fraction of sp³-hybridized carbons (Fsp3) is 0. The van der Waals surface area contributed by atoms with Gasteiger partial charge in [0.1, 0.15) is 0 Å². The van der Waals surface area contributed by atoms with Crippen LogP contribution in [0.5, 0.6) is 0 Å². The predicted octanol–water partition coefficient (Wildman–Crippen LogP) is 1.98. The van der Waals surface area contributed by atoms with Crippen LogP contribution >= 0.6 is 0 Å². The van der Waals surface area contributed by atoms with Crippen LogP contribution in [0.1, 0.15) is 10.4 Å². The van der Waals surface area contributed by atoms with E-state index in [1.807, 2.05) is 0 Å². The minimum atomic E-state index is -1.05. The van der Waals surface area contributed by atoms with Crippen LogP contribution in [0.25, 0.3) is 10.9 Å². The summed E-state index contributed by atoms with van der Waals surface area (Å²) in [4.78, 5) is 21.4. The van der Waals surface area contributed by atoms with Crippen molar-refractivity contribution in [1.82, 2.24) is 4.57 Å². The van der Waals surface area contributed by atoms with Crippen LogP contribution in [0.3, 0.4) is 0 Å². The molecule has 1 aromatic heterocycles. The van der Waals surface area contributed by atoms with Crippen LogP contribution in [0.15, 0.2) is 30.5 Å². The molecule has 0 amide bonds. The number of fused-ring (bicyclic) bond motifs is 1. The van der Waals surface area contributed by atoms with E-state index < -0.39 is 6.09 Å². The highest BCUT2D eigenvalue weighted by Gasteiger charge is 2.08.